The lowest BCUT2D eigenvalue weighted by Gasteiger charge is -2.40. The summed E-state index contributed by atoms with van der Waals surface area (Å²) >= 11 is 0. The van der Waals surface area contributed by atoms with Crippen LogP contribution in [0.1, 0.15) is 52.4 Å². The van der Waals surface area contributed by atoms with Gasteiger partial charge in [-0.2, -0.15) is 0 Å². The third-order valence-corrected chi connectivity index (χ3v) is 4.75. The van der Waals surface area contributed by atoms with Crippen LogP contribution in [-0.2, 0) is 4.79 Å². The van der Waals surface area contributed by atoms with Crippen molar-refractivity contribution in [2.45, 2.75) is 52.4 Å². The first-order valence-corrected chi connectivity index (χ1v) is 8.49. The van der Waals surface area contributed by atoms with E-state index in [1.54, 1.807) is 0 Å². The van der Waals surface area contributed by atoms with Gasteiger partial charge in [-0.25, -0.2) is 0 Å². The monoisotopic (exact) mass is 422 g/mol. The first-order chi connectivity index (χ1) is 10.2. The SMILES string of the molecule is CCNC(=NCC1(CC)CCC1)NCCNC(=O)C1CC1.I. The fourth-order valence-electron chi connectivity index (χ4n) is 2.75. The number of amides is 1. The zero-order valence-corrected chi connectivity index (χ0v) is 16.2. The molecule has 0 spiro atoms. The molecule has 0 aromatic heterocycles. The van der Waals surface area contributed by atoms with E-state index in [9.17, 15) is 4.79 Å². The van der Waals surface area contributed by atoms with Crippen LogP contribution in [0.25, 0.3) is 0 Å². The number of halogens is 1. The van der Waals surface area contributed by atoms with E-state index in [1.165, 1.54) is 25.7 Å². The molecule has 5 nitrogen and oxygen atoms in total. The summed E-state index contributed by atoms with van der Waals surface area (Å²) in [5.41, 5.74) is 0.447. The molecule has 2 fully saturated rings. The van der Waals surface area contributed by atoms with E-state index in [4.69, 9.17) is 4.99 Å². The molecule has 0 atom stereocenters. The predicted molar refractivity (Wildman–Crippen MR) is 102 cm³/mol. The Balaban J connectivity index is 0.00000242. The minimum Gasteiger partial charge on any atom is -0.357 e. The number of aliphatic imine (C=N–C) groups is 1. The third-order valence-electron chi connectivity index (χ3n) is 4.75. The molecule has 2 aliphatic rings. The molecule has 6 heteroatoms. The molecule has 2 rings (SSSR count). The molecule has 3 N–H and O–H groups in total. The second kappa shape index (κ2) is 9.57. The maximum absolute atomic E-state index is 11.5. The summed E-state index contributed by atoms with van der Waals surface area (Å²) in [6.07, 6.45) is 7.30. The van der Waals surface area contributed by atoms with Crippen molar-refractivity contribution in [2.24, 2.45) is 16.3 Å². The van der Waals surface area contributed by atoms with E-state index < -0.39 is 0 Å². The molecule has 22 heavy (non-hydrogen) atoms. The highest BCUT2D eigenvalue weighted by atomic mass is 127. The van der Waals surface area contributed by atoms with Crippen molar-refractivity contribution in [1.29, 1.82) is 0 Å². The number of guanidine groups is 1. The van der Waals surface area contributed by atoms with Gasteiger partial charge in [0.25, 0.3) is 0 Å². The van der Waals surface area contributed by atoms with Gasteiger partial charge in [0.05, 0.1) is 0 Å². The van der Waals surface area contributed by atoms with E-state index >= 15 is 0 Å². The molecule has 128 valence electrons. The van der Waals surface area contributed by atoms with Crippen molar-refractivity contribution in [3.8, 4) is 0 Å². The van der Waals surface area contributed by atoms with Crippen LogP contribution in [0.15, 0.2) is 4.99 Å². The second-order valence-electron chi connectivity index (χ2n) is 6.39. The summed E-state index contributed by atoms with van der Waals surface area (Å²) in [7, 11) is 0. The predicted octanol–water partition coefficient (Wildman–Crippen LogP) is 2.27. The van der Waals surface area contributed by atoms with Gasteiger partial charge in [0.15, 0.2) is 5.96 Å². The fraction of sp³-hybridized carbons (Fsp3) is 0.875. The second-order valence-corrected chi connectivity index (χ2v) is 6.39. The topological polar surface area (TPSA) is 65.5 Å². The van der Waals surface area contributed by atoms with E-state index in [2.05, 4.69) is 29.8 Å². The Hall–Kier alpha value is -0.530. The summed E-state index contributed by atoms with van der Waals surface area (Å²) in [5, 5.41) is 9.55. The number of rotatable bonds is 8. The van der Waals surface area contributed by atoms with Crippen molar-refractivity contribution in [1.82, 2.24) is 16.0 Å². The van der Waals surface area contributed by atoms with Crippen molar-refractivity contribution in [2.75, 3.05) is 26.2 Å². The Morgan fingerprint density at radius 2 is 1.82 bits per heavy atom. The summed E-state index contributed by atoms with van der Waals surface area (Å²) in [5.74, 6) is 1.37. The molecule has 2 aliphatic carbocycles. The summed E-state index contributed by atoms with van der Waals surface area (Å²) in [6, 6.07) is 0. The van der Waals surface area contributed by atoms with Crippen LogP contribution in [0, 0.1) is 11.3 Å². The van der Waals surface area contributed by atoms with Gasteiger partial charge in [-0.3, -0.25) is 9.79 Å². The minimum absolute atomic E-state index is 0. The van der Waals surface area contributed by atoms with E-state index in [0.29, 0.717) is 12.0 Å². The smallest absolute Gasteiger partial charge is 0.223 e. The normalized spacial score (nSPS) is 19.6. The molecule has 0 bridgehead atoms. The molecule has 0 saturated heterocycles. The number of hydrogen-bond acceptors (Lipinski definition) is 2. The molecule has 2 saturated carbocycles. The van der Waals surface area contributed by atoms with Gasteiger partial charge in [0.2, 0.25) is 5.91 Å². The van der Waals surface area contributed by atoms with E-state index in [-0.39, 0.29) is 35.8 Å². The maximum atomic E-state index is 11.5. The average molecular weight is 422 g/mol. The zero-order chi connectivity index (χ0) is 15.1. The Morgan fingerprint density at radius 1 is 1.14 bits per heavy atom. The maximum Gasteiger partial charge on any atom is 0.223 e. The quantitative estimate of drug-likeness (QED) is 0.243. The van der Waals surface area contributed by atoms with Gasteiger partial charge in [-0.1, -0.05) is 13.3 Å². The summed E-state index contributed by atoms with van der Waals surface area (Å²) < 4.78 is 0. The van der Waals surface area contributed by atoms with Crippen LogP contribution in [0.3, 0.4) is 0 Å². The highest BCUT2D eigenvalue weighted by Gasteiger charge is 2.34. The molecular formula is C16H31IN4O. The Morgan fingerprint density at radius 3 is 2.32 bits per heavy atom. The molecule has 0 aromatic carbocycles. The van der Waals surface area contributed by atoms with Crippen LogP contribution in [-0.4, -0.2) is 38.0 Å². The lowest BCUT2D eigenvalue weighted by Crippen LogP contribution is -2.43. The van der Waals surface area contributed by atoms with Crippen molar-refractivity contribution >= 4 is 35.8 Å². The van der Waals surface area contributed by atoms with Crippen LogP contribution in [0.4, 0.5) is 0 Å². The molecule has 0 unspecified atom stereocenters. The van der Waals surface area contributed by atoms with Gasteiger partial charge >= 0.3 is 0 Å². The lowest BCUT2D eigenvalue weighted by molar-refractivity contribution is -0.122. The van der Waals surface area contributed by atoms with Crippen molar-refractivity contribution < 1.29 is 4.79 Å². The number of nitrogens with zero attached hydrogens (tertiary/aromatic N) is 1. The van der Waals surface area contributed by atoms with Gasteiger partial charge in [-0.05, 0) is 44.4 Å². The fourth-order valence-corrected chi connectivity index (χ4v) is 2.75. The third kappa shape index (κ3) is 5.93. The van der Waals surface area contributed by atoms with Crippen LogP contribution >= 0.6 is 24.0 Å². The first-order valence-electron chi connectivity index (χ1n) is 8.49. The Bertz CT molecular complexity index is 373. The molecule has 1 amide bonds. The van der Waals surface area contributed by atoms with E-state index in [0.717, 1.165) is 38.4 Å². The molecular weight excluding hydrogens is 391 g/mol. The van der Waals surface area contributed by atoms with Crippen LogP contribution in [0.2, 0.25) is 0 Å². The molecule has 0 aromatic rings. The Labute approximate surface area is 151 Å². The van der Waals surface area contributed by atoms with Gasteiger partial charge in [0, 0.05) is 32.1 Å². The van der Waals surface area contributed by atoms with Crippen LogP contribution < -0.4 is 16.0 Å². The highest BCUT2D eigenvalue weighted by molar-refractivity contribution is 14.0. The molecule has 0 heterocycles. The highest BCUT2D eigenvalue weighted by Crippen LogP contribution is 2.43. The van der Waals surface area contributed by atoms with Gasteiger partial charge in [-0.15, -0.1) is 24.0 Å². The number of nitrogens with one attached hydrogen (secondary N) is 3. The van der Waals surface area contributed by atoms with Gasteiger partial charge in [0.1, 0.15) is 0 Å². The first kappa shape index (κ1) is 19.5. The largest absolute Gasteiger partial charge is 0.357 e. The minimum atomic E-state index is 0. The summed E-state index contributed by atoms with van der Waals surface area (Å²) in [4.78, 5) is 16.3. The lowest BCUT2D eigenvalue weighted by atomic mass is 9.67. The standard InChI is InChI=1S/C16H30N4O.HI/c1-3-16(8-5-9-16)12-20-15(17-4-2)19-11-10-18-14(21)13-6-7-13;/h13H,3-12H2,1-2H3,(H,18,21)(H2,17,19,20);1H. The van der Waals surface area contributed by atoms with Gasteiger partial charge < -0.3 is 16.0 Å². The number of carbonyl (C=O) groups is 1. The van der Waals surface area contributed by atoms with Crippen LogP contribution in [0.5, 0.6) is 0 Å². The van der Waals surface area contributed by atoms with Crippen molar-refractivity contribution in [3.63, 3.8) is 0 Å². The van der Waals surface area contributed by atoms with E-state index in [1.807, 2.05) is 0 Å². The number of hydrogen-bond donors (Lipinski definition) is 3. The Kier molecular flexibility index (Phi) is 8.49. The number of carbonyl (C=O) groups excluding carboxylic acids is 1. The zero-order valence-electron chi connectivity index (χ0n) is 13.9. The molecule has 0 aliphatic heterocycles. The van der Waals surface area contributed by atoms with Crippen molar-refractivity contribution in [3.05, 3.63) is 0 Å². The summed E-state index contributed by atoms with van der Waals surface area (Å²) in [6.45, 7) is 7.50. The molecule has 0 radical (unpaired) electrons. The average Bonchev–Trinajstić information content (AvgIpc) is 3.26.